The van der Waals surface area contributed by atoms with Crippen LogP contribution in [0.25, 0.3) is 0 Å². The van der Waals surface area contributed by atoms with Crippen LogP contribution in [0.3, 0.4) is 0 Å². The van der Waals surface area contributed by atoms with E-state index in [2.05, 4.69) is 77.6 Å². The Morgan fingerprint density at radius 3 is 1.25 bits per heavy atom. The van der Waals surface area contributed by atoms with E-state index in [1.54, 1.807) is 0 Å². The van der Waals surface area contributed by atoms with Crippen LogP contribution in [0.15, 0.2) is 42.2 Å². The van der Waals surface area contributed by atoms with Crippen LogP contribution in [0.1, 0.15) is 32.4 Å². The molecule has 0 fully saturated rings. The predicted molar refractivity (Wildman–Crippen MR) is 128 cm³/mol. The number of benzene rings is 2. The average Bonchev–Trinajstić information content (AvgIpc) is 2.60. The Morgan fingerprint density at radius 1 is 0.714 bits per heavy atom. The molecule has 4 nitrogen and oxygen atoms in total. The number of rotatable bonds is 8. The van der Waals surface area contributed by atoms with E-state index in [-0.39, 0.29) is 39.3 Å². The van der Waals surface area contributed by atoms with Gasteiger partial charge in [-0.1, -0.05) is 21.3 Å². The van der Waals surface area contributed by atoms with Gasteiger partial charge in [-0.25, -0.2) is 0 Å². The lowest BCUT2D eigenvalue weighted by molar-refractivity contribution is 0.200. The average molecular weight is 648 g/mol. The topological polar surface area (TPSA) is 58.9 Å². The van der Waals surface area contributed by atoms with Gasteiger partial charge in [0, 0.05) is 5.41 Å². The van der Waals surface area contributed by atoms with Crippen LogP contribution in [-0.4, -0.2) is 36.6 Å². The quantitative estimate of drug-likeness (QED) is 0.346. The summed E-state index contributed by atoms with van der Waals surface area (Å²) in [6, 6.07) is 8.09. The Balaban J connectivity index is 0.00000392. The molecule has 2 rings (SSSR count). The highest BCUT2D eigenvalue weighted by Gasteiger charge is 2.27. The highest BCUT2D eigenvalue weighted by Crippen LogP contribution is 2.44. The third-order valence-electron chi connectivity index (χ3n) is 4.12. The van der Waals surface area contributed by atoms with Crippen molar-refractivity contribution < 1.29 is 19.7 Å². The second kappa shape index (κ2) is 11.3. The third-order valence-corrected chi connectivity index (χ3v) is 6.47. The molecule has 2 N–H and O–H groups in total. The van der Waals surface area contributed by atoms with Gasteiger partial charge in [0.15, 0.2) is 0 Å². The Labute approximate surface area is 200 Å². The molecule has 0 amide bonds. The van der Waals surface area contributed by atoms with E-state index < -0.39 is 0 Å². The Hall–Kier alpha value is -0.120. The van der Waals surface area contributed by atoms with Crippen molar-refractivity contribution in [3.8, 4) is 11.5 Å². The molecule has 0 heterocycles. The van der Waals surface area contributed by atoms with E-state index >= 15 is 0 Å². The summed E-state index contributed by atoms with van der Waals surface area (Å²) in [5.74, 6) is 1.33. The van der Waals surface area contributed by atoms with Crippen LogP contribution in [0.2, 0.25) is 0 Å². The lowest BCUT2D eigenvalue weighted by Crippen LogP contribution is -2.19. The largest absolute Gasteiger partial charge is 0.489 e. The van der Waals surface area contributed by atoms with Gasteiger partial charge in [0.2, 0.25) is 0 Å². The molecule has 0 saturated carbocycles. The van der Waals surface area contributed by atoms with E-state index in [0.29, 0.717) is 11.5 Å². The first kappa shape index (κ1) is 25.9. The van der Waals surface area contributed by atoms with Crippen molar-refractivity contribution >= 4 is 63.7 Å². The molecule has 156 valence electrons. The van der Waals surface area contributed by atoms with E-state index in [9.17, 15) is 0 Å². The smallest absolute Gasteiger partial charge is 0.147 e. The van der Waals surface area contributed by atoms with Gasteiger partial charge in [0.25, 0.3) is 0 Å². The maximum atomic E-state index is 8.98. The van der Waals surface area contributed by atoms with E-state index in [4.69, 9.17) is 19.7 Å². The highest BCUT2D eigenvalue weighted by molar-refractivity contribution is 9.11. The number of aliphatic hydroxyl groups is 2. The fourth-order valence-corrected chi connectivity index (χ4v) is 5.41. The molecule has 0 unspecified atom stereocenters. The molecule has 0 aliphatic carbocycles. The minimum atomic E-state index is -0.304. The summed E-state index contributed by atoms with van der Waals surface area (Å²) >= 11 is 14.3. The second-order valence-electron chi connectivity index (χ2n) is 6.31. The van der Waals surface area contributed by atoms with Gasteiger partial charge in [-0.15, -0.1) is 0 Å². The molecule has 0 aromatic heterocycles. The highest BCUT2D eigenvalue weighted by atomic mass is 79.9. The molecule has 0 spiro atoms. The first-order chi connectivity index (χ1) is 12.7. The molecule has 0 aliphatic heterocycles. The molecular weight excluding hydrogens is 624 g/mol. The van der Waals surface area contributed by atoms with Crippen molar-refractivity contribution in [1.29, 1.82) is 0 Å². The lowest BCUT2D eigenvalue weighted by Gasteiger charge is -2.28. The van der Waals surface area contributed by atoms with Gasteiger partial charge in [0.1, 0.15) is 24.7 Å². The molecule has 0 aliphatic rings. The Bertz CT molecular complexity index is 697. The van der Waals surface area contributed by atoms with E-state index in [1.807, 2.05) is 24.3 Å². The fraction of sp³-hybridized carbons (Fsp3) is 0.400. The molecular formula is C20H24Br4O4. The van der Waals surface area contributed by atoms with E-state index in [1.165, 1.54) is 0 Å². The number of hydrogen-bond donors (Lipinski definition) is 2. The second-order valence-corrected chi connectivity index (χ2v) is 9.72. The van der Waals surface area contributed by atoms with Gasteiger partial charge in [-0.2, -0.15) is 0 Å². The first-order valence-corrected chi connectivity index (χ1v) is 11.4. The normalized spacial score (nSPS) is 11.1. The van der Waals surface area contributed by atoms with E-state index in [0.717, 1.165) is 29.0 Å². The van der Waals surface area contributed by atoms with Gasteiger partial charge >= 0.3 is 0 Å². The molecule has 28 heavy (non-hydrogen) atoms. The standard InChI is InChI=1S/C19H20Br4O4.CH4/c1-19(2,11-7-13(20)17(14(21)8-11)26-5-3-24)12-9-15(22)18(16(23)10-12)27-6-4-25;/h7-10,24-25H,3-6H2,1-2H3;1H4. The molecule has 2 aromatic carbocycles. The molecule has 0 saturated heterocycles. The van der Waals surface area contributed by atoms with Crippen molar-refractivity contribution in [2.45, 2.75) is 26.7 Å². The van der Waals surface area contributed by atoms with Crippen LogP contribution >= 0.6 is 63.7 Å². The minimum absolute atomic E-state index is 0. The summed E-state index contributed by atoms with van der Waals surface area (Å²) in [6.07, 6.45) is 0. The first-order valence-electron chi connectivity index (χ1n) is 8.18. The summed E-state index contributed by atoms with van der Waals surface area (Å²) in [6.45, 7) is 4.65. The van der Waals surface area contributed by atoms with Crippen LogP contribution < -0.4 is 9.47 Å². The van der Waals surface area contributed by atoms with Crippen LogP contribution in [-0.2, 0) is 5.41 Å². The van der Waals surface area contributed by atoms with Crippen molar-refractivity contribution in [3.05, 3.63) is 53.3 Å². The number of halogens is 4. The number of hydrogen-bond acceptors (Lipinski definition) is 4. The Morgan fingerprint density at radius 2 is 1.00 bits per heavy atom. The summed E-state index contributed by atoms with van der Waals surface area (Å²) in [4.78, 5) is 0. The molecule has 2 aromatic rings. The number of ether oxygens (including phenoxy) is 2. The van der Waals surface area contributed by atoms with Crippen molar-refractivity contribution in [1.82, 2.24) is 0 Å². The Kier molecular flexibility index (Phi) is 10.5. The van der Waals surface area contributed by atoms with Gasteiger partial charge < -0.3 is 19.7 Å². The molecule has 8 heteroatoms. The van der Waals surface area contributed by atoms with Crippen LogP contribution in [0.4, 0.5) is 0 Å². The van der Waals surface area contributed by atoms with Gasteiger partial charge in [0.05, 0.1) is 31.1 Å². The zero-order valence-electron chi connectivity index (χ0n) is 14.9. The molecule has 0 bridgehead atoms. The minimum Gasteiger partial charge on any atom is -0.489 e. The summed E-state index contributed by atoms with van der Waals surface area (Å²) < 4.78 is 14.4. The predicted octanol–water partition coefficient (Wildman–Crippen LogP) is 6.44. The SMILES string of the molecule is C.CC(C)(c1cc(Br)c(OCCO)c(Br)c1)c1cc(Br)c(OCCO)c(Br)c1. The zero-order valence-corrected chi connectivity index (χ0v) is 21.2. The van der Waals surface area contributed by atoms with Crippen LogP contribution in [0.5, 0.6) is 11.5 Å². The summed E-state index contributed by atoms with van der Waals surface area (Å²) in [5.41, 5.74) is 1.86. The fourth-order valence-electron chi connectivity index (χ4n) is 2.58. The van der Waals surface area contributed by atoms with Gasteiger partial charge in [-0.3, -0.25) is 0 Å². The molecule has 0 radical (unpaired) electrons. The van der Waals surface area contributed by atoms with Gasteiger partial charge in [-0.05, 0) is 99.1 Å². The summed E-state index contributed by atoms with van der Waals surface area (Å²) in [5, 5.41) is 18.0. The maximum Gasteiger partial charge on any atom is 0.147 e. The maximum absolute atomic E-state index is 8.98. The number of aliphatic hydroxyl groups excluding tert-OH is 2. The lowest BCUT2D eigenvalue weighted by atomic mass is 9.78. The van der Waals surface area contributed by atoms with Crippen LogP contribution in [0, 0.1) is 0 Å². The zero-order chi connectivity index (χ0) is 20.2. The van der Waals surface area contributed by atoms with Crippen molar-refractivity contribution in [2.75, 3.05) is 26.4 Å². The summed E-state index contributed by atoms with van der Waals surface area (Å²) in [7, 11) is 0. The molecule has 0 atom stereocenters. The third kappa shape index (κ3) is 5.95. The van der Waals surface area contributed by atoms with Crippen molar-refractivity contribution in [2.24, 2.45) is 0 Å². The monoisotopic (exact) mass is 644 g/mol. The van der Waals surface area contributed by atoms with Crippen molar-refractivity contribution in [3.63, 3.8) is 0 Å².